The number of rotatable bonds is 9. The Kier molecular flexibility index (Phi) is 7.94. The summed E-state index contributed by atoms with van der Waals surface area (Å²) in [6.07, 6.45) is 1.75. The van der Waals surface area contributed by atoms with Gasteiger partial charge in [-0.05, 0) is 32.3 Å². The zero-order chi connectivity index (χ0) is 15.8. The van der Waals surface area contributed by atoms with Crippen LogP contribution in [0.3, 0.4) is 0 Å². The average Bonchev–Trinajstić information content (AvgIpc) is 2.44. The Balaban J connectivity index is 2.80. The molecule has 0 bridgehead atoms. The van der Waals surface area contributed by atoms with Crippen LogP contribution in [0.5, 0.6) is 0 Å². The third-order valence-corrected chi connectivity index (χ3v) is 4.08. The third kappa shape index (κ3) is 5.77. The van der Waals surface area contributed by atoms with Gasteiger partial charge in [0, 0.05) is 26.2 Å². The van der Waals surface area contributed by atoms with E-state index in [0.717, 1.165) is 24.9 Å². The summed E-state index contributed by atoms with van der Waals surface area (Å²) in [5.41, 5.74) is 3.42. The van der Waals surface area contributed by atoms with Crippen LogP contribution < -0.4 is 0 Å². The number of methoxy groups -OCH3 is 1. The Morgan fingerprint density at radius 3 is 2.14 bits per heavy atom. The van der Waals surface area contributed by atoms with Gasteiger partial charge in [0.15, 0.2) is 0 Å². The van der Waals surface area contributed by atoms with Crippen LogP contribution in [0.1, 0.15) is 49.5 Å². The molecule has 0 aliphatic carbocycles. The van der Waals surface area contributed by atoms with Gasteiger partial charge in [0.2, 0.25) is 0 Å². The van der Waals surface area contributed by atoms with E-state index >= 15 is 0 Å². The first kappa shape index (κ1) is 18.1. The molecule has 0 radical (unpaired) electrons. The summed E-state index contributed by atoms with van der Waals surface area (Å²) in [6, 6.07) is 6.80. The van der Waals surface area contributed by atoms with Crippen molar-refractivity contribution in [2.75, 3.05) is 26.8 Å². The largest absolute Gasteiger partial charge is 0.387 e. The molecule has 1 aromatic rings. The lowest BCUT2D eigenvalue weighted by Gasteiger charge is -2.32. The molecule has 0 aliphatic heterocycles. The van der Waals surface area contributed by atoms with Gasteiger partial charge in [-0.25, -0.2) is 0 Å². The van der Waals surface area contributed by atoms with Crippen LogP contribution in [0.2, 0.25) is 0 Å². The summed E-state index contributed by atoms with van der Waals surface area (Å²) in [5.74, 6) is 0. The van der Waals surface area contributed by atoms with Gasteiger partial charge in [-0.15, -0.1) is 0 Å². The zero-order valence-corrected chi connectivity index (χ0v) is 14.2. The summed E-state index contributed by atoms with van der Waals surface area (Å²) in [6.45, 7) is 10.8. The molecular formula is C18H31NO2. The molecule has 0 heterocycles. The summed E-state index contributed by atoms with van der Waals surface area (Å²) in [7, 11) is 1.73. The van der Waals surface area contributed by atoms with Crippen molar-refractivity contribution in [3.8, 4) is 0 Å². The highest BCUT2D eigenvalue weighted by atomic mass is 16.5. The monoisotopic (exact) mass is 293 g/mol. The lowest BCUT2D eigenvalue weighted by atomic mass is 10.0. The second-order valence-electron chi connectivity index (χ2n) is 5.89. The number of aliphatic hydroxyl groups excluding tert-OH is 1. The fourth-order valence-corrected chi connectivity index (χ4v) is 2.97. The Hall–Kier alpha value is -0.900. The minimum Gasteiger partial charge on any atom is -0.387 e. The average molecular weight is 293 g/mol. The quantitative estimate of drug-likeness (QED) is 0.756. The highest BCUT2D eigenvalue weighted by Gasteiger charge is 2.19. The molecule has 120 valence electrons. The topological polar surface area (TPSA) is 32.7 Å². The molecule has 0 fully saturated rings. The van der Waals surface area contributed by atoms with Crippen LogP contribution in [-0.2, 0) is 4.74 Å². The molecule has 3 heteroatoms. The van der Waals surface area contributed by atoms with Crippen LogP contribution >= 0.6 is 0 Å². The van der Waals surface area contributed by atoms with Crippen molar-refractivity contribution in [2.24, 2.45) is 0 Å². The molecule has 1 aromatic carbocycles. The van der Waals surface area contributed by atoms with Crippen LogP contribution in [0.15, 0.2) is 18.2 Å². The Bertz CT molecular complexity index is 395. The van der Waals surface area contributed by atoms with E-state index in [0.29, 0.717) is 19.2 Å². The van der Waals surface area contributed by atoms with E-state index in [1.807, 2.05) is 0 Å². The van der Waals surface area contributed by atoms with E-state index in [2.05, 4.69) is 50.8 Å². The number of benzene rings is 1. The lowest BCUT2D eigenvalue weighted by molar-refractivity contribution is 0.0608. The molecule has 1 unspecified atom stereocenters. The van der Waals surface area contributed by atoms with E-state index in [1.165, 1.54) is 11.1 Å². The first-order valence-corrected chi connectivity index (χ1v) is 8.01. The van der Waals surface area contributed by atoms with Crippen molar-refractivity contribution in [2.45, 2.75) is 52.7 Å². The number of aliphatic hydroxyl groups is 1. The van der Waals surface area contributed by atoms with Gasteiger partial charge >= 0.3 is 0 Å². The summed E-state index contributed by atoms with van der Waals surface area (Å²) < 4.78 is 5.21. The van der Waals surface area contributed by atoms with Gasteiger partial charge in [-0.3, -0.25) is 4.90 Å². The molecule has 0 saturated carbocycles. The number of ether oxygens (including phenoxy) is 1. The predicted octanol–water partition coefficient (Wildman–Crippen LogP) is 3.47. The molecular weight excluding hydrogens is 262 g/mol. The predicted molar refractivity (Wildman–Crippen MR) is 88.7 cm³/mol. The second-order valence-corrected chi connectivity index (χ2v) is 5.89. The number of hydrogen-bond acceptors (Lipinski definition) is 3. The minimum absolute atomic E-state index is 0.443. The van der Waals surface area contributed by atoms with Gasteiger partial charge in [0.05, 0.1) is 12.7 Å². The maximum absolute atomic E-state index is 10.6. The molecule has 0 aromatic heterocycles. The Morgan fingerprint density at radius 1 is 1.10 bits per heavy atom. The van der Waals surface area contributed by atoms with E-state index in [4.69, 9.17) is 4.74 Å². The van der Waals surface area contributed by atoms with Crippen LogP contribution in [0.4, 0.5) is 0 Å². The number of hydrogen-bond donors (Lipinski definition) is 1. The van der Waals surface area contributed by atoms with Crippen molar-refractivity contribution >= 4 is 0 Å². The van der Waals surface area contributed by atoms with Gasteiger partial charge < -0.3 is 9.84 Å². The Morgan fingerprint density at radius 2 is 1.67 bits per heavy atom. The molecule has 0 spiro atoms. The minimum atomic E-state index is -0.443. The lowest BCUT2D eigenvalue weighted by Crippen LogP contribution is -2.39. The van der Waals surface area contributed by atoms with Gasteiger partial charge in [-0.2, -0.15) is 0 Å². The molecule has 1 rings (SSSR count). The first-order chi connectivity index (χ1) is 10.0. The van der Waals surface area contributed by atoms with Crippen LogP contribution in [0.25, 0.3) is 0 Å². The van der Waals surface area contributed by atoms with E-state index in [9.17, 15) is 5.11 Å². The molecule has 0 saturated heterocycles. The van der Waals surface area contributed by atoms with Crippen molar-refractivity contribution in [1.82, 2.24) is 4.90 Å². The van der Waals surface area contributed by atoms with Crippen molar-refractivity contribution < 1.29 is 9.84 Å². The molecule has 0 aliphatic rings. The molecule has 0 amide bonds. The van der Waals surface area contributed by atoms with E-state index < -0.39 is 6.10 Å². The summed E-state index contributed by atoms with van der Waals surface area (Å²) in [4.78, 5) is 2.35. The van der Waals surface area contributed by atoms with E-state index in [1.54, 1.807) is 7.11 Å². The fourth-order valence-electron chi connectivity index (χ4n) is 2.97. The second kappa shape index (κ2) is 9.19. The highest BCUT2D eigenvalue weighted by Crippen LogP contribution is 2.20. The van der Waals surface area contributed by atoms with Gasteiger partial charge in [0.1, 0.15) is 0 Å². The smallest absolute Gasteiger partial charge is 0.0917 e. The third-order valence-electron chi connectivity index (χ3n) is 4.08. The van der Waals surface area contributed by atoms with E-state index in [-0.39, 0.29) is 0 Å². The standard InChI is InChI=1S/C18H31NO2/c1-6-17(7-2)19(8-9-21-5)13-18(20)16-11-14(3)10-15(4)12-16/h10-12,17-18,20H,6-9,13H2,1-5H3. The maximum Gasteiger partial charge on any atom is 0.0917 e. The maximum atomic E-state index is 10.6. The molecule has 3 nitrogen and oxygen atoms in total. The van der Waals surface area contributed by atoms with Crippen molar-refractivity contribution in [1.29, 1.82) is 0 Å². The summed E-state index contributed by atoms with van der Waals surface area (Å²) >= 11 is 0. The molecule has 1 N–H and O–H groups in total. The molecule has 21 heavy (non-hydrogen) atoms. The molecule has 1 atom stereocenters. The van der Waals surface area contributed by atoms with Gasteiger partial charge in [-0.1, -0.05) is 43.2 Å². The SMILES string of the molecule is CCC(CC)N(CCOC)CC(O)c1cc(C)cc(C)c1. The van der Waals surface area contributed by atoms with Crippen molar-refractivity contribution in [3.63, 3.8) is 0 Å². The van der Waals surface area contributed by atoms with Crippen LogP contribution in [0, 0.1) is 13.8 Å². The normalized spacial score (nSPS) is 13.1. The Labute approximate surface area is 129 Å². The van der Waals surface area contributed by atoms with Crippen LogP contribution in [-0.4, -0.2) is 42.9 Å². The number of nitrogens with zero attached hydrogens (tertiary/aromatic N) is 1. The number of aryl methyl sites for hydroxylation is 2. The highest BCUT2D eigenvalue weighted by molar-refractivity contribution is 5.30. The fraction of sp³-hybridized carbons (Fsp3) is 0.667. The summed E-state index contributed by atoms with van der Waals surface area (Å²) in [5, 5.41) is 10.6. The van der Waals surface area contributed by atoms with Crippen molar-refractivity contribution in [3.05, 3.63) is 34.9 Å². The van der Waals surface area contributed by atoms with Gasteiger partial charge in [0.25, 0.3) is 0 Å². The zero-order valence-electron chi connectivity index (χ0n) is 14.2. The first-order valence-electron chi connectivity index (χ1n) is 8.01.